The Morgan fingerprint density at radius 3 is 2.71 bits per heavy atom. The molecule has 0 atom stereocenters. The van der Waals surface area contributed by atoms with Crippen molar-refractivity contribution in [2.75, 3.05) is 0 Å². The Morgan fingerprint density at radius 2 is 1.93 bits per heavy atom. The van der Waals surface area contributed by atoms with Gasteiger partial charge in [0, 0.05) is 30.1 Å². The highest BCUT2D eigenvalue weighted by molar-refractivity contribution is 6.03. The van der Waals surface area contributed by atoms with Crippen LogP contribution in [0.15, 0.2) is 52.1 Å². The van der Waals surface area contributed by atoms with Crippen LogP contribution in [0.3, 0.4) is 0 Å². The van der Waals surface area contributed by atoms with Crippen molar-refractivity contribution in [3.05, 3.63) is 59.0 Å². The molecule has 140 valence electrons. The number of rotatable bonds is 1. The maximum atomic E-state index is 13.2. The van der Waals surface area contributed by atoms with E-state index in [4.69, 9.17) is 4.42 Å². The predicted octanol–water partition coefficient (Wildman–Crippen LogP) is 3.43. The first-order chi connectivity index (χ1) is 13.3. The molecule has 4 aromatic heterocycles. The molecule has 1 aromatic carbocycles. The highest BCUT2D eigenvalue weighted by atomic mass is 19.4. The van der Waals surface area contributed by atoms with E-state index in [9.17, 15) is 18.0 Å². The maximum absolute atomic E-state index is 13.2. The molecule has 5 rings (SSSR count). The zero-order chi connectivity index (χ0) is 19.6. The molecule has 10 heteroatoms. The fraction of sp³-hybridized carbons (Fsp3) is 0.111. The third-order valence-corrected chi connectivity index (χ3v) is 4.48. The molecule has 0 amide bonds. The average molecular weight is 385 g/mol. The van der Waals surface area contributed by atoms with Gasteiger partial charge in [0.1, 0.15) is 16.9 Å². The van der Waals surface area contributed by atoms with Crippen LogP contribution >= 0.6 is 0 Å². The zero-order valence-electron chi connectivity index (χ0n) is 14.2. The predicted molar refractivity (Wildman–Crippen MR) is 94.2 cm³/mol. The number of aryl methyl sites for hydroxylation is 1. The van der Waals surface area contributed by atoms with Crippen LogP contribution in [0, 0.1) is 0 Å². The van der Waals surface area contributed by atoms with Gasteiger partial charge in [0.15, 0.2) is 17.5 Å². The molecular weight excluding hydrogens is 375 g/mol. The van der Waals surface area contributed by atoms with Gasteiger partial charge in [-0.25, -0.2) is 9.97 Å². The van der Waals surface area contributed by atoms with Gasteiger partial charge in [-0.05, 0) is 24.3 Å². The normalized spacial score (nSPS) is 12.4. The van der Waals surface area contributed by atoms with Crippen LogP contribution in [0.5, 0.6) is 0 Å². The molecule has 5 aromatic rings. The van der Waals surface area contributed by atoms with Gasteiger partial charge in [0.05, 0.1) is 5.69 Å². The van der Waals surface area contributed by atoms with Crippen LogP contribution in [0.2, 0.25) is 0 Å². The third kappa shape index (κ3) is 2.30. The molecule has 0 fully saturated rings. The van der Waals surface area contributed by atoms with E-state index in [1.165, 1.54) is 23.2 Å². The smallest absolute Gasteiger partial charge is 0.433 e. The molecule has 28 heavy (non-hydrogen) atoms. The minimum atomic E-state index is -4.64. The lowest BCUT2D eigenvalue weighted by Crippen LogP contribution is -2.21. The van der Waals surface area contributed by atoms with Crippen molar-refractivity contribution in [2.45, 2.75) is 6.18 Å². The summed E-state index contributed by atoms with van der Waals surface area (Å²) in [6, 6.07) is 6.91. The summed E-state index contributed by atoms with van der Waals surface area (Å²) in [7, 11) is 1.63. The first-order valence-corrected chi connectivity index (χ1v) is 8.13. The SMILES string of the molecule is Cn1cc2c(n1)c(=O)n(-c1ccc3ncoc3c1)c1nc(C(F)(F)F)ccc21. The first kappa shape index (κ1) is 16.5. The van der Waals surface area contributed by atoms with Crippen molar-refractivity contribution < 1.29 is 17.6 Å². The lowest BCUT2D eigenvalue weighted by molar-refractivity contribution is -0.141. The molecule has 0 unspecified atom stereocenters. The van der Waals surface area contributed by atoms with Crippen molar-refractivity contribution in [3.8, 4) is 5.69 Å². The number of hydrogen-bond acceptors (Lipinski definition) is 5. The van der Waals surface area contributed by atoms with E-state index in [1.807, 2.05) is 0 Å². The van der Waals surface area contributed by atoms with Crippen molar-refractivity contribution in [1.82, 2.24) is 24.3 Å². The Labute approximate surface area is 153 Å². The van der Waals surface area contributed by atoms with Crippen LogP contribution < -0.4 is 5.56 Å². The maximum Gasteiger partial charge on any atom is 0.433 e. The van der Waals surface area contributed by atoms with Crippen molar-refractivity contribution in [1.29, 1.82) is 0 Å². The Kier molecular flexibility index (Phi) is 3.18. The number of benzene rings is 1. The number of fused-ring (bicyclic) bond motifs is 4. The lowest BCUT2D eigenvalue weighted by Gasteiger charge is -2.12. The molecule has 0 saturated carbocycles. The second kappa shape index (κ2) is 5.41. The second-order valence-electron chi connectivity index (χ2n) is 6.28. The van der Waals surface area contributed by atoms with Crippen LogP contribution in [-0.2, 0) is 13.2 Å². The van der Waals surface area contributed by atoms with E-state index >= 15 is 0 Å². The number of halogens is 3. The van der Waals surface area contributed by atoms with Crippen molar-refractivity contribution >= 4 is 33.0 Å². The highest BCUT2D eigenvalue weighted by Crippen LogP contribution is 2.31. The number of aromatic nitrogens is 5. The highest BCUT2D eigenvalue weighted by Gasteiger charge is 2.33. The quantitative estimate of drug-likeness (QED) is 0.442. The molecule has 0 bridgehead atoms. The summed E-state index contributed by atoms with van der Waals surface area (Å²) in [6.45, 7) is 0. The third-order valence-electron chi connectivity index (χ3n) is 4.48. The number of oxazole rings is 1. The summed E-state index contributed by atoms with van der Waals surface area (Å²) >= 11 is 0. The fourth-order valence-corrected chi connectivity index (χ4v) is 3.25. The number of nitrogens with zero attached hydrogens (tertiary/aromatic N) is 5. The van der Waals surface area contributed by atoms with E-state index in [0.29, 0.717) is 27.6 Å². The minimum absolute atomic E-state index is 0.112. The zero-order valence-corrected chi connectivity index (χ0v) is 14.2. The molecule has 0 aliphatic rings. The van der Waals surface area contributed by atoms with Gasteiger partial charge in [-0.15, -0.1) is 0 Å². The summed E-state index contributed by atoms with van der Waals surface area (Å²) in [4.78, 5) is 20.9. The Morgan fingerprint density at radius 1 is 1.11 bits per heavy atom. The van der Waals surface area contributed by atoms with Crippen LogP contribution in [0.25, 0.3) is 38.7 Å². The molecule has 0 N–H and O–H groups in total. The summed E-state index contributed by atoms with van der Waals surface area (Å²) in [5.74, 6) is 0. The van der Waals surface area contributed by atoms with Crippen molar-refractivity contribution in [2.24, 2.45) is 7.05 Å². The Hall–Kier alpha value is -3.69. The molecule has 0 aliphatic heterocycles. The summed E-state index contributed by atoms with van der Waals surface area (Å²) in [5, 5.41) is 4.98. The minimum Gasteiger partial charge on any atom is -0.443 e. The van der Waals surface area contributed by atoms with Crippen LogP contribution in [0.1, 0.15) is 5.69 Å². The van der Waals surface area contributed by atoms with E-state index in [2.05, 4.69) is 15.1 Å². The molecule has 0 aliphatic carbocycles. The Balaban J connectivity index is 1.96. The van der Waals surface area contributed by atoms with E-state index in [0.717, 1.165) is 10.6 Å². The van der Waals surface area contributed by atoms with Gasteiger partial charge >= 0.3 is 6.18 Å². The Bertz CT molecular complexity index is 1450. The lowest BCUT2D eigenvalue weighted by atomic mass is 10.1. The molecular formula is C18H10F3N5O2. The fourth-order valence-electron chi connectivity index (χ4n) is 3.25. The van der Waals surface area contributed by atoms with E-state index < -0.39 is 17.4 Å². The number of hydrogen-bond donors (Lipinski definition) is 0. The molecule has 7 nitrogen and oxygen atoms in total. The first-order valence-electron chi connectivity index (χ1n) is 8.13. The molecule has 0 radical (unpaired) electrons. The summed E-state index contributed by atoms with van der Waals surface area (Å²) in [5.41, 5.74) is -0.382. The summed E-state index contributed by atoms with van der Waals surface area (Å²) < 4.78 is 47.5. The van der Waals surface area contributed by atoms with Crippen molar-refractivity contribution in [3.63, 3.8) is 0 Å². The van der Waals surface area contributed by atoms with Gasteiger partial charge < -0.3 is 4.42 Å². The molecule has 4 heterocycles. The topological polar surface area (TPSA) is 78.7 Å². The second-order valence-corrected chi connectivity index (χ2v) is 6.28. The van der Waals surface area contributed by atoms with E-state index in [1.54, 1.807) is 25.4 Å². The molecule has 0 spiro atoms. The van der Waals surface area contributed by atoms with Gasteiger partial charge in [-0.1, -0.05) is 0 Å². The van der Waals surface area contributed by atoms with Gasteiger partial charge in [-0.3, -0.25) is 14.0 Å². The van der Waals surface area contributed by atoms with Gasteiger partial charge in [-0.2, -0.15) is 18.3 Å². The average Bonchev–Trinajstić information content (AvgIpc) is 3.26. The number of pyridine rings is 2. The monoisotopic (exact) mass is 385 g/mol. The van der Waals surface area contributed by atoms with E-state index in [-0.39, 0.29) is 11.2 Å². The van der Waals surface area contributed by atoms with Crippen LogP contribution in [-0.4, -0.2) is 24.3 Å². The van der Waals surface area contributed by atoms with Gasteiger partial charge in [0.2, 0.25) is 0 Å². The molecule has 0 saturated heterocycles. The summed E-state index contributed by atoms with van der Waals surface area (Å²) in [6.07, 6.45) is -1.82. The van der Waals surface area contributed by atoms with Gasteiger partial charge in [0.25, 0.3) is 5.56 Å². The standard InChI is InChI=1S/C18H10F3N5O2/c1-25-7-11-10-3-5-14(18(19,20)21)23-16(10)26(17(27)15(11)24-25)9-2-4-12-13(6-9)28-8-22-12/h2-8H,1H3. The number of alkyl halides is 3. The largest absolute Gasteiger partial charge is 0.443 e. The van der Waals surface area contributed by atoms with Crippen LogP contribution in [0.4, 0.5) is 13.2 Å².